The summed E-state index contributed by atoms with van der Waals surface area (Å²) in [5.41, 5.74) is 3.01. The number of allylic oxidation sites excluding steroid dienone is 4. The first-order valence-electron chi connectivity index (χ1n) is 11.1. The summed E-state index contributed by atoms with van der Waals surface area (Å²) in [6.07, 6.45) is 7.74. The molecule has 0 bridgehead atoms. The van der Waals surface area contributed by atoms with Crippen LogP contribution in [0.25, 0.3) is 22.3 Å². The van der Waals surface area contributed by atoms with Crippen LogP contribution in [0.15, 0.2) is 65.2 Å². The topological polar surface area (TPSA) is 118 Å². The van der Waals surface area contributed by atoms with Crippen LogP contribution < -0.4 is 5.32 Å². The van der Waals surface area contributed by atoms with E-state index in [4.69, 9.17) is 16.6 Å². The first-order chi connectivity index (χ1) is 16.9. The van der Waals surface area contributed by atoms with Gasteiger partial charge in [0, 0.05) is 41.0 Å². The second-order valence-corrected chi connectivity index (χ2v) is 8.59. The van der Waals surface area contributed by atoms with Crippen molar-refractivity contribution in [3.05, 3.63) is 82.4 Å². The summed E-state index contributed by atoms with van der Waals surface area (Å²) in [6.45, 7) is 2.01. The molecule has 0 saturated heterocycles. The van der Waals surface area contributed by atoms with Crippen molar-refractivity contribution in [2.24, 2.45) is 0 Å². The van der Waals surface area contributed by atoms with E-state index >= 15 is 0 Å². The average Bonchev–Trinajstić information content (AvgIpc) is 3.30. The Morgan fingerprint density at radius 2 is 2.03 bits per heavy atom. The number of aromatic hydroxyl groups is 1. The van der Waals surface area contributed by atoms with Gasteiger partial charge >= 0.3 is 0 Å². The Bertz CT molecular complexity index is 1370. The second kappa shape index (κ2) is 10.4. The zero-order valence-electron chi connectivity index (χ0n) is 19.0. The highest BCUT2D eigenvalue weighted by atomic mass is 32.1. The number of carbonyl (C=O) groups is 1. The number of benzene rings is 2. The smallest absolute Gasteiger partial charge is 0.270 e. The summed E-state index contributed by atoms with van der Waals surface area (Å²) in [4.78, 5) is 27.7. The minimum absolute atomic E-state index is 0.0181. The maximum absolute atomic E-state index is 12.0. The molecule has 2 aromatic carbocycles. The lowest BCUT2D eigenvalue weighted by atomic mass is 9.90. The van der Waals surface area contributed by atoms with E-state index in [-0.39, 0.29) is 23.2 Å². The summed E-state index contributed by atoms with van der Waals surface area (Å²) < 4.78 is 5.79. The van der Waals surface area contributed by atoms with Crippen LogP contribution in [0.5, 0.6) is 5.75 Å². The summed E-state index contributed by atoms with van der Waals surface area (Å²) in [5.74, 6) is 0.389. The van der Waals surface area contributed by atoms with Gasteiger partial charge in [-0.15, -0.1) is 0 Å². The molecule has 4 rings (SSSR count). The van der Waals surface area contributed by atoms with Crippen LogP contribution >= 0.6 is 12.2 Å². The number of aromatic nitrogens is 1. The van der Waals surface area contributed by atoms with Crippen LogP contribution in [-0.4, -0.2) is 25.8 Å². The summed E-state index contributed by atoms with van der Waals surface area (Å²) >= 11 is 5.40. The fourth-order valence-electron chi connectivity index (χ4n) is 3.77. The van der Waals surface area contributed by atoms with Crippen LogP contribution in [0.1, 0.15) is 44.1 Å². The minimum Gasteiger partial charge on any atom is -0.507 e. The average molecular weight is 490 g/mol. The van der Waals surface area contributed by atoms with Crippen LogP contribution in [0.4, 0.5) is 11.6 Å². The molecule has 0 radical (unpaired) electrons. The molecule has 0 spiro atoms. The van der Waals surface area contributed by atoms with Crippen LogP contribution in [0.3, 0.4) is 0 Å². The molecule has 2 N–H and O–H groups in total. The number of anilines is 1. The molecule has 1 aliphatic carbocycles. The van der Waals surface area contributed by atoms with Crippen LogP contribution in [-0.2, 0) is 4.79 Å². The molecule has 0 unspecified atom stereocenters. The lowest BCUT2D eigenvalue weighted by Gasteiger charge is -2.17. The van der Waals surface area contributed by atoms with Crippen molar-refractivity contribution in [3.8, 4) is 16.9 Å². The lowest BCUT2D eigenvalue weighted by Crippen LogP contribution is -2.10. The maximum Gasteiger partial charge on any atom is 0.270 e. The Balaban J connectivity index is 1.63. The van der Waals surface area contributed by atoms with E-state index in [1.54, 1.807) is 36.4 Å². The fourth-order valence-corrected chi connectivity index (χ4v) is 3.97. The molecule has 1 amide bonds. The third kappa shape index (κ3) is 5.52. The molecular formula is C26H23N3O5S. The number of nitro benzene ring substituents is 1. The molecule has 1 aliphatic rings. The zero-order chi connectivity index (χ0) is 24.9. The Kier molecular flexibility index (Phi) is 7.17. The van der Waals surface area contributed by atoms with Crippen molar-refractivity contribution in [1.82, 2.24) is 4.98 Å². The van der Waals surface area contributed by atoms with Gasteiger partial charge in [-0.2, -0.15) is 0 Å². The number of hydrogen-bond acceptors (Lipinski definition) is 7. The fraction of sp³-hybridized carbons (Fsp3) is 0.192. The van der Waals surface area contributed by atoms with Crippen molar-refractivity contribution in [3.63, 3.8) is 0 Å². The van der Waals surface area contributed by atoms with Gasteiger partial charge in [0.15, 0.2) is 0 Å². The lowest BCUT2D eigenvalue weighted by molar-refractivity contribution is -0.384. The maximum atomic E-state index is 12.0. The first kappa shape index (κ1) is 24.0. The Morgan fingerprint density at radius 3 is 2.77 bits per heavy atom. The van der Waals surface area contributed by atoms with Crippen molar-refractivity contribution in [1.29, 1.82) is 0 Å². The number of carbonyl (C=O) groups excluding carboxylic acids is 1. The Morgan fingerprint density at radius 1 is 1.23 bits per heavy atom. The third-order valence-corrected chi connectivity index (χ3v) is 5.82. The molecule has 35 heavy (non-hydrogen) atoms. The van der Waals surface area contributed by atoms with Crippen molar-refractivity contribution < 1.29 is 19.2 Å². The first-order valence-corrected chi connectivity index (χ1v) is 11.6. The van der Waals surface area contributed by atoms with E-state index in [0.717, 1.165) is 12.8 Å². The number of nitro groups is 1. The zero-order valence-corrected chi connectivity index (χ0v) is 19.8. The molecule has 0 aliphatic heterocycles. The highest BCUT2D eigenvalue weighted by Crippen LogP contribution is 2.40. The molecule has 0 fully saturated rings. The minimum atomic E-state index is -0.459. The molecular weight excluding hydrogens is 466 g/mol. The van der Waals surface area contributed by atoms with Gasteiger partial charge in [-0.3, -0.25) is 20.2 Å². The number of phenols is 1. The van der Waals surface area contributed by atoms with E-state index < -0.39 is 4.92 Å². The van der Waals surface area contributed by atoms with E-state index in [9.17, 15) is 20.0 Å². The molecule has 8 nitrogen and oxygen atoms in total. The number of phenolic OH excluding ortho intramolecular Hbond substituents is 1. The number of hydrogen-bond donors (Lipinski definition) is 2. The quantitative estimate of drug-likeness (QED) is 0.216. The third-order valence-electron chi connectivity index (χ3n) is 5.54. The van der Waals surface area contributed by atoms with E-state index in [1.807, 2.05) is 13.0 Å². The summed E-state index contributed by atoms with van der Waals surface area (Å²) in [5, 5.41) is 24.7. The SMILES string of the molecule is CCCCC(=O)Nc1cnc(C2=CCC(=S)C=C2c2ccc(-c3cccc([N+](=O)[O-])c3)cc2O)o1. The molecule has 1 aromatic heterocycles. The molecule has 3 aromatic rings. The monoisotopic (exact) mass is 489 g/mol. The highest BCUT2D eigenvalue weighted by molar-refractivity contribution is 7.80. The predicted octanol–water partition coefficient (Wildman–Crippen LogP) is 6.32. The van der Waals surface area contributed by atoms with Crippen molar-refractivity contribution >= 4 is 45.7 Å². The van der Waals surface area contributed by atoms with Crippen molar-refractivity contribution in [2.45, 2.75) is 32.6 Å². The normalized spacial score (nSPS) is 13.2. The number of thiocarbonyl (C=S) groups is 1. The van der Waals surface area contributed by atoms with Gasteiger partial charge in [0.05, 0.1) is 11.1 Å². The van der Waals surface area contributed by atoms with E-state index in [0.29, 0.717) is 51.4 Å². The molecule has 178 valence electrons. The number of nitrogens with zero attached hydrogens (tertiary/aromatic N) is 2. The molecule has 9 heteroatoms. The van der Waals surface area contributed by atoms with E-state index in [2.05, 4.69) is 10.3 Å². The number of oxazole rings is 1. The number of rotatable bonds is 8. The summed E-state index contributed by atoms with van der Waals surface area (Å²) in [7, 11) is 0. The van der Waals surface area contributed by atoms with Gasteiger partial charge in [0.1, 0.15) is 5.75 Å². The molecule has 0 saturated carbocycles. The standard InChI is InChI=1S/C26H23N3O5S/c1-2-3-7-24(31)28-25-15-27-26(34-25)21-11-9-19(35)14-22(21)20-10-8-17(13-23(20)30)16-5-4-6-18(12-16)29(32)33/h4-6,8,10-15,30H,2-3,7,9H2,1H3,(H,28,31). The number of non-ortho nitro benzene ring substituents is 1. The van der Waals surface area contributed by atoms with Gasteiger partial charge in [-0.05, 0) is 35.3 Å². The van der Waals surface area contributed by atoms with Crippen LogP contribution in [0.2, 0.25) is 0 Å². The van der Waals surface area contributed by atoms with Gasteiger partial charge in [-0.25, -0.2) is 4.98 Å². The second-order valence-electron chi connectivity index (χ2n) is 8.07. The number of unbranched alkanes of at least 4 members (excludes halogenated alkanes) is 1. The van der Waals surface area contributed by atoms with E-state index in [1.165, 1.54) is 18.3 Å². The largest absolute Gasteiger partial charge is 0.507 e. The van der Waals surface area contributed by atoms with Gasteiger partial charge < -0.3 is 9.52 Å². The van der Waals surface area contributed by atoms with Crippen LogP contribution in [0, 0.1) is 10.1 Å². The predicted molar refractivity (Wildman–Crippen MR) is 138 cm³/mol. The molecule has 0 atom stereocenters. The highest BCUT2D eigenvalue weighted by Gasteiger charge is 2.22. The van der Waals surface area contributed by atoms with Gasteiger partial charge in [-0.1, -0.05) is 55.9 Å². The van der Waals surface area contributed by atoms with Crippen molar-refractivity contribution in [2.75, 3.05) is 5.32 Å². The number of amides is 1. The Labute approximate surface area is 207 Å². The Hall–Kier alpha value is -4.11. The summed E-state index contributed by atoms with van der Waals surface area (Å²) in [6, 6.07) is 11.3. The van der Waals surface area contributed by atoms with Gasteiger partial charge in [0.25, 0.3) is 5.69 Å². The van der Waals surface area contributed by atoms with Gasteiger partial charge in [0.2, 0.25) is 17.7 Å². The molecule has 1 heterocycles. The number of nitrogens with one attached hydrogen (secondary N) is 1.